The Kier molecular flexibility index (Phi) is 4.77. The van der Waals surface area contributed by atoms with Crippen LogP contribution in [-0.2, 0) is 16.6 Å². The zero-order valence-corrected chi connectivity index (χ0v) is 12.6. The molecule has 7 heteroatoms. The molecular weight excluding hydrogens is 290 g/mol. The minimum absolute atomic E-state index is 0.0130. The van der Waals surface area contributed by atoms with E-state index in [1.54, 1.807) is 50.6 Å². The molecule has 21 heavy (non-hydrogen) atoms. The van der Waals surface area contributed by atoms with E-state index in [0.29, 0.717) is 5.69 Å². The molecule has 2 N–H and O–H groups in total. The second kappa shape index (κ2) is 6.55. The van der Waals surface area contributed by atoms with Crippen molar-refractivity contribution < 1.29 is 13.2 Å². The average Bonchev–Trinajstić information content (AvgIpc) is 2.53. The second-order valence-corrected chi connectivity index (χ2v) is 5.96. The van der Waals surface area contributed by atoms with Gasteiger partial charge in [0, 0.05) is 19.8 Å². The number of rotatable bonds is 6. The van der Waals surface area contributed by atoms with Crippen LogP contribution in [0.15, 0.2) is 47.6 Å². The van der Waals surface area contributed by atoms with Gasteiger partial charge in [-0.3, -0.25) is 0 Å². The maximum Gasteiger partial charge on any atom is 0.260 e. The number of methoxy groups -OCH3 is 1. The smallest absolute Gasteiger partial charge is 0.260 e. The monoisotopic (exact) mass is 307 g/mol. The standard InChI is InChI=1S/C14H17N3O3S/c1-15-13-4-3-9-16-14(13)21(18,19)17-10-11-5-7-12(20-2)8-6-11/h3-9,15,17H,10H2,1-2H3. The topological polar surface area (TPSA) is 80.3 Å². The molecule has 1 aromatic carbocycles. The Morgan fingerprint density at radius 1 is 1.19 bits per heavy atom. The van der Waals surface area contributed by atoms with Gasteiger partial charge in [0.1, 0.15) is 5.75 Å². The average molecular weight is 307 g/mol. The molecule has 0 bridgehead atoms. The molecular formula is C14H17N3O3S. The molecule has 0 radical (unpaired) electrons. The molecule has 6 nitrogen and oxygen atoms in total. The number of nitrogens with one attached hydrogen (secondary N) is 2. The Labute approximate surface area is 124 Å². The number of ether oxygens (including phenoxy) is 1. The van der Waals surface area contributed by atoms with Crippen molar-refractivity contribution in [2.24, 2.45) is 0 Å². The third-order valence-electron chi connectivity index (χ3n) is 2.92. The van der Waals surface area contributed by atoms with Gasteiger partial charge >= 0.3 is 0 Å². The van der Waals surface area contributed by atoms with E-state index in [4.69, 9.17) is 4.74 Å². The van der Waals surface area contributed by atoms with Crippen LogP contribution in [0.2, 0.25) is 0 Å². The van der Waals surface area contributed by atoms with Crippen molar-refractivity contribution >= 4 is 15.7 Å². The molecule has 0 unspecified atom stereocenters. The Bertz CT molecular complexity index is 700. The van der Waals surface area contributed by atoms with Crippen molar-refractivity contribution in [3.63, 3.8) is 0 Å². The van der Waals surface area contributed by atoms with Crippen LogP contribution in [0.3, 0.4) is 0 Å². The van der Waals surface area contributed by atoms with Crippen LogP contribution in [0.1, 0.15) is 5.56 Å². The Hall–Kier alpha value is -2.12. The van der Waals surface area contributed by atoms with E-state index in [0.717, 1.165) is 11.3 Å². The third kappa shape index (κ3) is 3.71. The zero-order chi connectivity index (χ0) is 15.3. The minimum atomic E-state index is -3.67. The fraction of sp³-hybridized carbons (Fsp3) is 0.214. The van der Waals surface area contributed by atoms with Gasteiger partial charge in [0.15, 0.2) is 5.03 Å². The highest BCUT2D eigenvalue weighted by Crippen LogP contribution is 2.17. The van der Waals surface area contributed by atoms with Crippen molar-refractivity contribution in [3.05, 3.63) is 48.2 Å². The summed E-state index contributed by atoms with van der Waals surface area (Å²) in [5.74, 6) is 0.726. The summed E-state index contributed by atoms with van der Waals surface area (Å²) in [6, 6.07) is 10.5. The maximum absolute atomic E-state index is 12.3. The molecule has 0 aliphatic rings. The Morgan fingerprint density at radius 3 is 2.52 bits per heavy atom. The van der Waals surface area contributed by atoms with Crippen molar-refractivity contribution in [1.29, 1.82) is 0 Å². The van der Waals surface area contributed by atoms with Gasteiger partial charge in [0.05, 0.1) is 12.8 Å². The Balaban J connectivity index is 2.13. The lowest BCUT2D eigenvalue weighted by Gasteiger charge is -2.10. The predicted molar refractivity (Wildman–Crippen MR) is 80.8 cm³/mol. The molecule has 1 heterocycles. The summed E-state index contributed by atoms with van der Waals surface area (Å²) in [4.78, 5) is 3.93. The number of pyridine rings is 1. The molecule has 0 aliphatic carbocycles. The summed E-state index contributed by atoms with van der Waals surface area (Å²) >= 11 is 0. The van der Waals surface area contributed by atoms with Gasteiger partial charge in [0.25, 0.3) is 10.0 Å². The molecule has 0 amide bonds. The summed E-state index contributed by atoms with van der Waals surface area (Å²) in [6.45, 7) is 0.187. The molecule has 1 aromatic heterocycles. The van der Waals surface area contributed by atoms with E-state index in [1.165, 1.54) is 6.20 Å². The molecule has 0 aliphatic heterocycles. The van der Waals surface area contributed by atoms with Crippen LogP contribution < -0.4 is 14.8 Å². The first-order chi connectivity index (χ1) is 10.1. The number of hydrogen-bond acceptors (Lipinski definition) is 5. The lowest BCUT2D eigenvalue weighted by molar-refractivity contribution is 0.414. The molecule has 0 saturated heterocycles. The quantitative estimate of drug-likeness (QED) is 0.847. The van der Waals surface area contributed by atoms with Crippen molar-refractivity contribution in [2.45, 2.75) is 11.6 Å². The number of anilines is 1. The van der Waals surface area contributed by atoms with Gasteiger partial charge in [-0.25, -0.2) is 18.1 Å². The molecule has 112 valence electrons. The summed E-state index contributed by atoms with van der Waals surface area (Å²) in [5, 5.41) is 2.80. The first kappa shape index (κ1) is 15.3. The van der Waals surface area contributed by atoms with Crippen LogP contribution in [-0.4, -0.2) is 27.6 Å². The van der Waals surface area contributed by atoms with E-state index in [2.05, 4.69) is 15.0 Å². The number of sulfonamides is 1. The summed E-state index contributed by atoms with van der Waals surface area (Å²) in [6.07, 6.45) is 1.45. The molecule has 2 aromatic rings. The van der Waals surface area contributed by atoms with Crippen LogP contribution >= 0.6 is 0 Å². The van der Waals surface area contributed by atoms with E-state index >= 15 is 0 Å². The first-order valence-electron chi connectivity index (χ1n) is 6.32. The lowest BCUT2D eigenvalue weighted by atomic mass is 10.2. The van der Waals surface area contributed by atoms with E-state index in [9.17, 15) is 8.42 Å². The van der Waals surface area contributed by atoms with Gasteiger partial charge in [-0.15, -0.1) is 0 Å². The summed E-state index contributed by atoms with van der Waals surface area (Å²) in [7, 11) is -0.438. The van der Waals surface area contributed by atoms with Crippen LogP contribution in [0.5, 0.6) is 5.75 Å². The fourth-order valence-corrected chi connectivity index (χ4v) is 2.94. The van der Waals surface area contributed by atoms with Gasteiger partial charge in [-0.2, -0.15) is 0 Å². The van der Waals surface area contributed by atoms with Gasteiger partial charge in [0.2, 0.25) is 0 Å². The zero-order valence-electron chi connectivity index (χ0n) is 11.8. The highest BCUT2D eigenvalue weighted by atomic mass is 32.2. The van der Waals surface area contributed by atoms with Crippen molar-refractivity contribution in [1.82, 2.24) is 9.71 Å². The minimum Gasteiger partial charge on any atom is -0.497 e. The molecule has 2 rings (SSSR count). The molecule has 0 atom stereocenters. The summed E-state index contributed by atoms with van der Waals surface area (Å²) in [5.41, 5.74) is 1.29. The second-order valence-electron chi connectivity index (χ2n) is 4.28. The van der Waals surface area contributed by atoms with Gasteiger partial charge in [-0.05, 0) is 29.8 Å². The fourth-order valence-electron chi connectivity index (χ4n) is 1.79. The van der Waals surface area contributed by atoms with Crippen molar-refractivity contribution in [2.75, 3.05) is 19.5 Å². The van der Waals surface area contributed by atoms with E-state index < -0.39 is 10.0 Å². The van der Waals surface area contributed by atoms with Gasteiger partial charge in [-0.1, -0.05) is 12.1 Å². The number of hydrogen-bond donors (Lipinski definition) is 2. The predicted octanol–water partition coefficient (Wildman–Crippen LogP) is 1.61. The van der Waals surface area contributed by atoms with Crippen LogP contribution in [0, 0.1) is 0 Å². The van der Waals surface area contributed by atoms with E-state index in [-0.39, 0.29) is 11.6 Å². The SMILES string of the molecule is CNc1cccnc1S(=O)(=O)NCc1ccc(OC)cc1. The lowest BCUT2D eigenvalue weighted by Crippen LogP contribution is -2.25. The highest BCUT2D eigenvalue weighted by molar-refractivity contribution is 7.89. The Morgan fingerprint density at radius 2 is 1.90 bits per heavy atom. The number of nitrogens with zero attached hydrogens (tertiary/aromatic N) is 1. The highest BCUT2D eigenvalue weighted by Gasteiger charge is 2.19. The summed E-state index contributed by atoms with van der Waals surface area (Å²) < 4.78 is 32.1. The largest absolute Gasteiger partial charge is 0.497 e. The molecule has 0 saturated carbocycles. The molecule has 0 spiro atoms. The number of aromatic nitrogens is 1. The van der Waals surface area contributed by atoms with Crippen molar-refractivity contribution in [3.8, 4) is 5.75 Å². The van der Waals surface area contributed by atoms with E-state index in [1.807, 2.05) is 0 Å². The van der Waals surface area contributed by atoms with Crippen LogP contribution in [0.25, 0.3) is 0 Å². The third-order valence-corrected chi connectivity index (χ3v) is 4.28. The molecule has 0 fully saturated rings. The van der Waals surface area contributed by atoms with Gasteiger partial charge < -0.3 is 10.1 Å². The van der Waals surface area contributed by atoms with Crippen LogP contribution in [0.4, 0.5) is 5.69 Å². The number of benzene rings is 1. The maximum atomic E-state index is 12.3. The first-order valence-corrected chi connectivity index (χ1v) is 7.80. The normalized spacial score (nSPS) is 11.1.